The largest absolute Gasteiger partial charge is 0.489 e. The number of esters is 1. The van der Waals surface area contributed by atoms with Crippen LogP contribution in [0.4, 0.5) is 4.39 Å². The van der Waals surface area contributed by atoms with Crippen molar-refractivity contribution in [2.75, 3.05) is 13.7 Å². The van der Waals surface area contributed by atoms with Crippen LogP contribution >= 0.6 is 0 Å². The van der Waals surface area contributed by atoms with Gasteiger partial charge in [0.25, 0.3) is 5.91 Å². The molecule has 2 amide bonds. The number of carbonyl (C=O) groups is 3. The number of methoxy groups -OCH3 is 1. The fourth-order valence-corrected chi connectivity index (χ4v) is 2.09. The van der Waals surface area contributed by atoms with Crippen LogP contribution in [0.1, 0.15) is 26.3 Å². The van der Waals surface area contributed by atoms with Gasteiger partial charge in [-0.1, -0.05) is 6.07 Å². The molecule has 2 aromatic rings. The van der Waals surface area contributed by atoms with E-state index in [0.29, 0.717) is 5.75 Å². The molecule has 0 radical (unpaired) electrons. The maximum atomic E-state index is 13.9. The quantitative estimate of drug-likeness (QED) is 0.726. The molecule has 7 nitrogen and oxygen atoms in total. The summed E-state index contributed by atoms with van der Waals surface area (Å²) in [6.45, 7) is -0.432. The second kappa shape index (κ2) is 8.61. The highest BCUT2D eigenvalue weighted by Gasteiger charge is 2.11. The number of carbonyl (C=O) groups excluding carboxylic acids is 3. The number of amides is 2. The third kappa shape index (κ3) is 5.04. The Kier molecular flexibility index (Phi) is 6.26. The predicted octanol–water partition coefficient (Wildman–Crippen LogP) is 1.41. The SMILES string of the molecule is COC(=O)c1ccc(F)c(COc2cccc(C(=O)NCC(N)=O)c2)c1. The van der Waals surface area contributed by atoms with Crippen LogP contribution < -0.4 is 15.8 Å². The molecule has 0 bridgehead atoms. The van der Waals surface area contributed by atoms with Gasteiger partial charge in [-0.15, -0.1) is 0 Å². The normalized spacial score (nSPS) is 10.1. The summed E-state index contributed by atoms with van der Waals surface area (Å²) in [5.74, 6) is -1.95. The smallest absolute Gasteiger partial charge is 0.337 e. The average Bonchev–Trinajstić information content (AvgIpc) is 2.65. The van der Waals surface area contributed by atoms with E-state index in [1.807, 2.05) is 0 Å². The highest BCUT2D eigenvalue weighted by Crippen LogP contribution is 2.18. The minimum Gasteiger partial charge on any atom is -0.489 e. The molecule has 0 unspecified atom stereocenters. The van der Waals surface area contributed by atoms with Gasteiger partial charge in [0.05, 0.1) is 19.2 Å². The van der Waals surface area contributed by atoms with Crippen LogP contribution in [0, 0.1) is 5.82 Å². The number of benzene rings is 2. The molecule has 136 valence electrons. The topological polar surface area (TPSA) is 108 Å². The Morgan fingerprint density at radius 2 is 1.88 bits per heavy atom. The number of primary amides is 1. The molecule has 26 heavy (non-hydrogen) atoms. The van der Waals surface area contributed by atoms with Crippen LogP contribution in [0.2, 0.25) is 0 Å². The molecule has 0 atom stereocenters. The van der Waals surface area contributed by atoms with Gasteiger partial charge < -0.3 is 20.5 Å². The van der Waals surface area contributed by atoms with Crippen LogP contribution in [0.5, 0.6) is 5.75 Å². The minimum absolute atomic E-state index is 0.150. The van der Waals surface area contributed by atoms with E-state index < -0.39 is 23.6 Å². The lowest BCUT2D eigenvalue weighted by molar-refractivity contribution is -0.117. The Bertz CT molecular complexity index is 838. The van der Waals surface area contributed by atoms with Gasteiger partial charge in [0.15, 0.2) is 0 Å². The van der Waals surface area contributed by atoms with E-state index in [2.05, 4.69) is 10.1 Å². The Labute approximate surface area is 148 Å². The van der Waals surface area contributed by atoms with Gasteiger partial charge in [0, 0.05) is 11.1 Å². The number of halogens is 1. The number of rotatable bonds is 7. The zero-order chi connectivity index (χ0) is 19.1. The third-order valence-electron chi connectivity index (χ3n) is 3.38. The average molecular weight is 360 g/mol. The van der Waals surface area contributed by atoms with E-state index in [1.54, 1.807) is 12.1 Å². The van der Waals surface area contributed by atoms with E-state index in [0.717, 1.165) is 6.07 Å². The lowest BCUT2D eigenvalue weighted by Gasteiger charge is -2.10. The van der Waals surface area contributed by atoms with Crippen molar-refractivity contribution in [3.05, 3.63) is 65.0 Å². The van der Waals surface area contributed by atoms with E-state index in [-0.39, 0.29) is 29.8 Å². The second-order valence-electron chi connectivity index (χ2n) is 5.26. The summed E-state index contributed by atoms with van der Waals surface area (Å²) in [6.07, 6.45) is 0. The van der Waals surface area contributed by atoms with Crippen molar-refractivity contribution in [3.63, 3.8) is 0 Å². The molecular formula is C18H17FN2O5. The van der Waals surface area contributed by atoms with Crippen molar-refractivity contribution in [2.24, 2.45) is 5.73 Å². The summed E-state index contributed by atoms with van der Waals surface area (Å²) in [7, 11) is 1.23. The zero-order valence-corrected chi connectivity index (χ0v) is 14.0. The Morgan fingerprint density at radius 1 is 1.12 bits per heavy atom. The summed E-state index contributed by atoms with van der Waals surface area (Å²) in [4.78, 5) is 34.1. The van der Waals surface area contributed by atoms with Gasteiger partial charge in [0.1, 0.15) is 18.2 Å². The first-order valence-corrected chi connectivity index (χ1v) is 7.57. The van der Waals surface area contributed by atoms with Crippen molar-refractivity contribution < 1.29 is 28.2 Å². The predicted molar refractivity (Wildman–Crippen MR) is 90.0 cm³/mol. The molecule has 0 aliphatic heterocycles. The van der Waals surface area contributed by atoms with Gasteiger partial charge >= 0.3 is 5.97 Å². The Morgan fingerprint density at radius 3 is 2.58 bits per heavy atom. The van der Waals surface area contributed by atoms with Crippen molar-refractivity contribution in [1.29, 1.82) is 0 Å². The summed E-state index contributed by atoms with van der Waals surface area (Å²) in [6, 6.07) is 9.94. The number of hydrogen-bond donors (Lipinski definition) is 2. The summed E-state index contributed by atoms with van der Waals surface area (Å²) < 4.78 is 24.0. The molecule has 0 fully saturated rings. The molecule has 2 aromatic carbocycles. The molecule has 3 N–H and O–H groups in total. The second-order valence-corrected chi connectivity index (χ2v) is 5.26. The van der Waals surface area contributed by atoms with E-state index >= 15 is 0 Å². The first-order valence-electron chi connectivity index (χ1n) is 7.57. The maximum absolute atomic E-state index is 13.9. The van der Waals surface area contributed by atoms with Gasteiger partial charge in [-0.25, -0.2) is 9.18 Å². The van der Waals surface area contributed by atoms with Crippen LogP contribution in [0.3, 0.4) is 0 Å². The van der Waals surface area contributed by atoms with E-state index in [4.69, 9.17) is 10.5 Å². The van der Waals surface area contributed by atoms with Crippen LogP contribution in [-0.2, 0) is 16.1 Å². The fraction of sp³-hybridized carbons (Fsp3) is 0.167. The summed E-state index contributed by atoms with van der Waals surface area (Å²) >= 11 is 0. The van der Waals surface area contributed by atoms with Gasteiger partial charge in [-0.05, 0) is 36.4 Å². The molecule has 0 aliphatic rings. The molecule has 0 saturated carbocycles. The molecule has 8 heteroatoms. The summed E-state index contributed by atoms with van der Waals surface area (Å²) in [5.41, 5.74) is 5.59. The van der Waals surface area contributed by atoms with Crippen molar-refractivity contribution >= 4 is 17.8 Å². The number of nitrogens with two attached hydrogens (primary N) is 1. The molecule has 2 rings (SSSR count). The number of ether oxygens (including phenoxy) is 2. The molecule has 0 heterocycles. The Balaban J connectivity index is 2.08. The fourth-order valence-electron chi connectivity index (χ4n) is 2.09. The lowest BCUT2D eigenvalue weighted by atomic mass is 10.1. The zero-order valence-electron chi connectivity index (χ0n) is 14.0. The third-order valence-corrected chi connectivity index (χ3v) is 3.38. The van der Waals surface area contributed by atoms with Gasteiger partial charge in [-0.3, -0.25) is 9.59 Å². The maximum Gasteiger partial charge on any atom is 0.337 e. The number of nitrogens with one attached hydrogen (secondary N) is 1. The van der Waals surface area contributed by atoms with Gasteiger partial charge in [-0.2, -0.15) is 0 Å². The van der Waals surface area contributed by atoms with E-state index in [9.17, 15) is 18.8 Å². The van der Waals surface area contributed by atoms with Crippen molar-refractivity contribution in [1.82, 2.24) is 5.32 Å². The highest BCUT2D eigenvalue weighted by molar-refractivity contribution is 5.96. The number of hydrogen-bond acceptors (Lipinski definition) is 5. The van der Waals surface area contributed by atoms with Gasteiger partial charge in [0.2, 0.25) is 5.91 Å². The first-order chi connectivity index (χ1) is 12.4. The highest BCUT2D eigenvalue weighted by atomic mass is 19.1. The molecule has 0 saturated heterocycles. The van der Waals surface area contributed by atoms with Crippen molar-refractivity contribution in [2.45, 2.75) is 6.61 Å². The minimum atomic E-state index is -0.660. The molecule has 0 spiro atoms. The lowest BCUT2D eigenvalue weighted by Crippen LogP contribution is -2.33. The van der Waals surface area contributed by atoms with E-state index in [1.165, 1.54) is 31.4 Å². The molecule has 0 aliphatic carbocycles. The standard InChI is InChI=1S/C18H17FN2O5/c1-25-18(24)12-5-6-15(19)13(7-12)10-26-14-4-2-3-11(8-14)17(23)21-9-16(20)22/h2-8H,9-10H2,1H3,(H2,20,22)(H,21,23). The molecule has 0 aromatic heterocycles. The molecular weight excluding hydrogens is 343 g/mol. The summed E-state index contributed by atoms with van der Waals surface area (Å²) in [5, 5.41) is 2.35. The first kappa shape index (κ1) is 18.9. The van der Waals surface area contributed by atoms with Crippen LogP contribution in [-0.4, -0.2) is 31.4 Å². The Hall–Kier alpha value is -3.42. The van der Waals surface area contributed by atoms with Crippen molar-refractivity contribution in [3.8, 4) is 5.75 Å². The van der Waals surface area contributed by atoms with Crippen LogP contribution in [0.25, 0.3) is 0 Å². The van der Waals surface area contributed by atoms with Crippen LogP contribution in [0.15, 0.2) is 42.5 Å². The monoisotopic (exact) mass is 360 g/mol.